The Labute approximate surface area is 158 Å². The molecular formula is C17H18ClF2N3O4. The van der Waals surface area contributed by atoms with Crippen LogP contribution in [0.4, 0.5) is 20.3 Å². The van der Waals surface area contributed by atoms with E-state index in [-0.39, 0.29) is 11.4 Å². The van der Waals surface area contributed by atoms with Crippen molar-refractivity contribution in [2.45, 2.75) is 20.0 Å². The Hall–Kier alpha value is -2.33. The van der Waals surface area contributed by atoms with E-state index in [9.17, 15) is 18.7 Å². The molecule has 0 bridgehead atoms. The van der Waals surface area contributed by atoms with Crippen LogP contribution in [0.25, 0.3) is 0 Å². The van der Waals surface area contributed by atoms with E-state index in [1.54, 1.807) is 13.0 Å². The Balaban J connectivity index is 2.34. The summed E-state index contributed by atoms with van der Waals surface area (Å²) >= 11 is 5.64. The van der Waals surface area contributed by atoms with Crippen molar-refractivity contribution in [3.8, 4) is 0 Å². The zero-order valence-corrected chi connectivity index (χ0v) is 15.3. The maximum atomic E-state index is 14.4. The highest BCUT2D eigenvalue weighted by atomic mass is 35.5. The zero-order chi connectivity index (χ0) is 20.1. The standard InChI is InChI=1S/C17H18ClF2N3O4/c1-8-3-9(2)16(21-5-8)22-15-11(4-12(18)13(19)14(15)20)17(26)23-27-7-10(25)6-24/h3-5,10,24-25H,6-7H2,1-2H3,(H,21,22)(H,23,26)/t10-/m1/s1. The Morgan fingerprint density at radius 2 is 2.04 bits per heavy atom. The lowest BCUT2D eigenvalue weighted by atomic mass is 10.1. The van der Waals surface area contributed by atoms with E-state index in [1.165, 1.54) is 6.20 Å². The first-order valence-electron chi connectivity index (χ1n) is 7.83. The SMILES string of the molecule is Cc1cnc(Nc2c(C(=O)NOC[C@H](O)CO)cc(Cl)c(F)c2F)c(C)c1. The maximum Gasteiger partial charge on any atom is 0.277 e. The molecule has 0 aliphatic heterocycles. The van der Waals surface area contributed by atoms with Crippen molar-refractivity contribution in [1.82, 2.24) is 10.5 Å². The fraction of sp³-hybridized carbons (Fsp3) is 0.294. The molecule has 0 aliphatic carbocycles. The summed E-state index contributed by atoms with van der Waals surface area (Å²) in [6, 6.07) is 2.71. The number of amides is 1. The molecule has 0 fully saturated rings. The lowest BCUT2D eigenvalue weighted by Gasteiger charge is -2.16. The average molecular weight is 402 g/mol. The first kappa shape index (κ1) is 21.0. The van der Waals surface area contributed by atoms with Gasteiger partial charge in [0, 0.05) is 6.20 Å². The second-order valence-corrected chi connectivity index (χ2v) is 6.20. The number of hydrogen-bond donors (Lipinski definition) is 4. The van der Waals surface area contributed by atoms with Crippen LogP contribution in [-0.4, -0.2) is 40.4 Å². The van der Waals surface area contributed by atoms with Crippen molar-refractivity contribution in [1.29, 1.82) is 0 Å². The molecule has 0 aliphatic rings. The molecule has 0 unspecified atom stereocenters. The first-order chi connectivity index (χ1) is 12.7. The number of nitrogens with one attached hydrogen (secondary N) is 2. The highest BCUT2D eigenvalue weighted by Crippen LogP contribution is 2.31. The predicted molar refractivity (Wildman–Crippen MR) is 94.9 cm³/mol. The summed E-state index contributed by atoms with van der Waals surface area (Å²) in [4.78, 5) is 21.1. The van der Waals surface area contributed by atoms with Gasteiger partial charge in [0.2, 0.25) is 0 Å². The average Bonchev–Trinajstić information content (AvgIpc) is 2.63. The van der Waals surface area contributed by atoms with Gasteiger partial charge >= 0.3 is 0 Å². The molecule has 1 aromatic carbocycles. The third kappa shape index (κ3) is 5.10. The largest absolute Gasteiger partial charge is 0.394 e. The van der Waals surface area contributed by atoms with Crippen LogP contribution in [0.2, 0.25) is 5.02 Å². The summed E-state index contributed by atoms with van der Waals surface area (Å²) in [6.07, 6.45) is 0.314. The lowest BCUT2D eigenvalue weighted by Crippen LogP contribution is -2.30. The fourth-order valence-corrected chi connectivity index (χ4v) is 2.36. The van der Waals surface area contributed by atoms with Crippen LogP contribution in [-0.2, 0) is 4.84 Å². The van der Waals surface area contributed by atoms with E-state index in [2.05, 4.69) is 10.3 Å². The Kier molecular flexibility index (Phi) is 7.03. The van der Waals surface area contributed by atoms with Crippen LogP contribution < -0.4 is 10.8 Å². The number of hydrogen-bond acceptors (Lipinski definition) is 6. The summed E-state index contributed by atoms with van der Waals surface area (Å²) in [5.74, 6) is -3.39. The maximum absolute atomic E-state index is 14.4. The molecule has 1 amide bonds. The van der Waals surface area contributed by atoms with Gasteiger partial charge in [-0.15, -0.1) is 0 Å². The summed E-state index contributed by atoms with van der Waals surface area (Å²) in [7, 11) is 0. The third-order valence-electron chi connectivity index (χ3n) is 3.52. The van der Waals surface area contributed by atoms with Gasteiger partial charge in [-0.2, -0.15) is 0 Å². The summed E-state index contributed by atoms with van der Waals surface area (Å²) < 4.78 is 28.4. The van der Waals surface area contributed by atoms with E-state index in [0.717, 1.165) is 11.6 Å². The topological polar surface area (TPSA) is 104 Å². The molecule has 0 spiro atoms. The van der Waals surface area contributed by atoms with Crippen LogP contribution in [0.15, 0.2) is 18.3 Å². The fourth-order valence-electron chi connectivity index (χ4n) is 2.17. The van der Waals surface area contributed by atoms with E-state index >= 15 is 0 Å². The number of hydroxylamine groups is 1. The molecule has 7 nitrogen and oxygen atoms in total. The molecule has 27 heavy (non-hydrogen) atoms. The monoisotopic (exact) mass is 401 g/mol. The number of aliphatic hydroxyl groups excluding tert-OH is 2. The molecule has 0 saturated carbocycles. The molecule has 0 saturated heterocycles. The molecule has 1 heterocycles. The van der Waals surface area contributed by atoms with E-state index in [0.29, 0.717) is 5.56 Å². The zero-order valence-electron chi connectivity index (χ0n) is 14.5. The highest BCUT2D eigenvalue weighted by Gasteiger charge is 2.23. The van der Waals surface area contributed by atoms with Crippen molar-refractivity contribution in [2.75, 3.05) is 18.5 Å². The van der Waals surface area contributed by atoms with Crippen molar-refractivity contribution >= 4 is 29.0 Å². The minimum atomic E-state index is -1.36. The summed E-state index contributed by atoms with van der Waals surface area (Å²) in [5.41, 5.74) is 2.68. The van der Waals surface area contributed by atoms with E-state index in [4.69, 9.17) is 21.5 Å². The normalized spacial score (nSPS) is 12.0. The number of carbonyl (C=O) groups excluding carboxylic acids is 1. The molecule has 10 heteroatoms. The Morgan fingerprint density at radius 3 is 2.67 bits per heavy atom. The number of aliphatic hydroxyl groups is 2. The Bertz CT molecular complexity index is 851. The number of benzene rings is 1. The number of aryl methyl sites for hydroxylation is 2. The number of anilines is 2. The number of halogens is 3. The highest BCUT2D eigenvalue weighted by molar-refractivity contribution is 6.31. The predicted octanol–water partition coefficient (Wildman–Crippen LogP) is 2.39. The number of carbonyl (C=O) groups is 1. The quantitative estimate of drug-likeness (QED) is 0.419. The second kappa shape index (κ2) is 9.05. The third-order valence-corrected chi connectivity index (χ3v) is 3.79. The smallest absolute Gasteiger partial charge is 0.277 e. The number of pyridine rings is 1. The van der Waals surface area contributed by atoms with Crippen LogP contribution in [0.5, 0.6) is 0 Å². The van der Waals surface area contributed by atoms with Crippen molar-refractivity contribution in [3.05, 3.63) is 51.7 Å². The molecule has 146 valence electrons. The van der Waals surface area contributed by atoms with Crippen LogP contribution in [0.3, 0.4) is 0 Å². The summed E-state index contributed by atoms with van der Waals surface area (Å²) in [5, 5.41) is 19.9. The second-order valence-electron chi connectivity index (χ2n) is 5.79. The van der Waals surface area contributed by atoms with Gasteiger partial charge in [0.15, 0.2) is 11.6 Å². The van der Waals surface area contributed by atoms with Gasteiger partial charge in [-0.25, -0.2) is 19.2 Å². The molecular weight excluding hydrogens is 384 g/mol. The minimum Gasteiger partial charge on any atom is -0.394 e. The van der Waals surface area contributed by atoms with E-state index < -0.39 is 47.6 Å². The Morgan fingerprint density at radius 1 is 1.33 bits per heavy atom. The van der Waals surface area contributed by atoms with E-state index in [1.807, 2.05) is 12.4 Å². The van der Waals surface area contributed by atoms with Crippen LogP contribution in [0.1, 0.15) is 21.5 Å². The van der Waals surface area contributed by atoms with Gasteiger partial charge < -0.3 is 15.5 Å². The first-order valence-corrected chi connectivity index (χ1v) is 8.21. The molecule has 2 aromatic rings. The molecule has 0 radical (unpaired) electrons. The van der Waals surface area contributed by atoms with Gasteiger partial charge in [0.25, 0.3) is 5.91 Å². The number of rotatable bonds is 7. The van der Waals surface area contributed by atoms with Crippen LogP contribution >= 0.6 is 11.6 Å². The number of nitrogens with zero attached hydrogens (tertiary/aromatic N) is 1. The van der Waals surface area contributed by atoms with Crippen molar-refractivity contribution in [3.63, 3.8) is 0 Å². The summed E-state index contributed by atoms with van der Waals surface area (Å²) in [6.45, 7) is 2.56. The lowest BCUT2D eigenvalue weighted by molar-refractivity contribution is -0.0295. The number of aromatic nitrogens is 1. The van der Waals surface area contributed by atoms with Crippen molar-refractivity contribution in [2.24, 2.45) is 0 Å². The molecule has 1 aromatic heterocycles. The van der Waals surface area contributed by atoms with Gasteiger partial charge in [-0.1, -0.05) is 17.7 Å². The van der Waals surface area contributed by atoms with Crippen LogP contribution in [0, 0.1) is 25.5 Å². The van der Waals surface area contributed by atoms with Gasteiger partial charge in [0.05, 0.1) is 22.9 Å². The molecule has 4 N–H and O–H groups in total. The minimum absolute atomic E-state index is 0.229. The van der Waals surface area contributed by atoms with Crippen molar-refractivity contribution < 1.29 is 28.6 Å². The molecule has 2 rings (SSSR count). The van der Waals surface area contributed by atoms with Gasteiger partial charge in [0.1, 0.15) is 18.5 Å². The van der Waals surface area contributed by atoms with Gasteiger partial charge in [-0.3, -0.25) is 9.63 Å². The molecule has 1 atom stereocenters. The van der Waals surface area contributed by atoms with Gasteiger partial charge in [-0.05, 0) is 31.0 Å².